The van der Waals surface area contributed by atoms with Crippen molar-refractivity contribution >= 4 is 11.0 Å². The summed E-state index contributed by atoms with van der Waals surface area (Å²) >= 11 is 0. The minimum Gasteiger partial charge on any atom is -0.379 e. The van der Waals surface area contributed by atoms with Gasteiger partial charge in [0, 0.05) is 26.2 Å². The van der Waals surface area contributed by atoms with Gasteiger partial charge in [0.05, 0.1) is 18.1 Å². The van der Waals surface area contributed by atoms with E-state index in [-0.39, 0.29) is 0 Å². The lowest BCUT2D eigenvalue weighted by Crippen LogP contribution is -2.35. The van der Waals surface area contributed by atoms with Gasteiger partial charge >= 0.3 is 0 Å². The van der Waals surface area contributed by atoms with Crippen LogP contribution in [-0.2, 0) is 22.3 Å². The van der Waals surface area contributed by atoms with Gasteiger partial charge in [0.15, 0.2) is 0 Å². The third-order valence-corrected chi connectivity index (χ3v) is 5.54. The number of nitrogens with one attached hydrogen (secondary N) is 1. The zero-order valence-corrected chi connectivity index (χ0v) is 15.6. The molecule has 0 aromatic heterocycles. The van der Waals surface area contributed by atoms with Crippen LogP contribution in [0.1, 0.15) is 18.9 Å². The predicted molar refractivity (Wildman–Crippen MR) is 103 cm³/mol. The molecule has 1 unspecified atom stereocenters. The smallest absolute Gasteiger partial charge is 0.124 e. The van der Waals surface area contributed by atoms with E-state index in [1.807, 2.05) is 12.1 Å². The Labute approximate surface area is 152 Å². The molecular weight excluding hydrogens is 332 g/mol. The topological polar surface area (TPSA) is 41.6 Å². The van der Waals surface area contributed by atoms with E-state index in [4.69, 9.17) is 4.74 Å². The van der Waals surface area contributed by atoms with Crippen molar-refractivity contribution in [3.05, 3.63) is 54.1 Å². The fraction of sp³-hybridized carbons (Fsp3) is 0.400. The summed E-state index contributed by atoms with van der Waals surface area (Å²) in [5.74, 6) is 0. The van der Waals surface area contributed by atoms with Gasteiger partial charge in [-0.25, -0.2) is 8.93 Å². The predicted octanol–water partition coefficient (Wildman–Crippen LogP) is 3.21. The molecule has 2 aromatic rings. The maximum absolute atomic E-state index is 12.2. The lowest BCUT2D eigenvalue weighted by atomic mass is 9.99. The van der Waals surface area contributed by atoms with E-state index in [0.717, 1.165) is 50.7 Å². The summed E-state index contributed by atoms with van der Waals surface area (Å²) < 4.78 is 20.6. The van der Waals surface area contributed by atoms with Crippen molar-refractivity contribution in [2.24, 2.45) is 0 Å². The van der Waals surface area contributed by atoms with Gasteiger partial charge in [-0.1, -0.05) is 43.3 Å². The Morgan fingerprint density at radius 2 is 1.80 bits per heavy atom. The first-order chi connectivity index (χ1) is 12.3. The van der Waals surface area contributed by atoms with Gasteiger partial charge < -0.3 is 4.74 Å². The first kappa shape index (κ1) is 18.3. The normalized spacial score (nSPS) is 16.7. The molecule has 0 amide bonds. The monoisotopic (exact) mass is 358 g/mol. The summed E-state index contributed by atoms with van der Waals surface area (Å²) in [6.45, 7) is 7.35. The van der Waals surface area contributed by atoms with Gasteiger partial charge in [0.2, 0.25) is 0 Å². The highest BCUT2D eigenvalue weighted by molar-refractivity contribution is 7.83. The Kier molecular flexibility index (Phi) is 6.76. The highest BCUT2D eigenvalue weighted by atomic mass is 32.2. The van der Waals surface area contributed by atoms with Crippen LogP contribution in [0.3, 0.4) is 0 Å². The van der Waals surface area contributed by atoms with Crippen LogP contribution in [0.5, 0.6) is 0 Å². The Morgan fingerprint density at radius 3 is 2.52 bits per heavy atom. The summed E-state index contributed by atoms with van der Waals surface area (Å²) in [6.07, 6.45) is 0.971. The quantitative estimate of drug-likeness (QED) is 0.826. The molecule has 1 atom stereocenters. The maximum Gasteiger partial charge on any atom is 0.124 e. The van der Waals surface area contributed by atoms with Crippen LogP contribution in [0, 0.1) is 0 Å². The molecule has 0 bridgehead atoms. The van der Waals surface area contributed by atoms with Crippen LogP contribution in [0.4, 0.5) is 0 Å². The molecule has 4 nitrogen and oxygen atoms in total. The first-order valence-electron chi connectivity index (χ1n) is 8.91. The standard InChI is InChI=1S/C20H26N2O2S/c1-2-11-21-25(23)19-9-7-17(8-10-19)20-6-4-3-5-18(20)16-22-12-14-24-15-13-22/h3-10,21H,2,11-16H2,1H3. The Balaban J connectivity index is 1.76. The Hall–Kier alpha value is -1.53. The lowest BCUT2D eigenvalue weighted by molar-refractivity contribution is 0.0342. The van der Waals surface area contributed by atoms with Crippen molar-refractivity contribution in [3.63, 3.8) is 0 Å². The Bertz CT molecular complexity index is 697. The molecule has 5 heteroatoms. The largest absolute Gasteiger partial charge is 0.379 e. The van der Waals surface area contributed by atoms with Crippen molar-refractivity contribution in [2.45, 2.75) is 24.8 Å². The molecule has 0 radical (unpaired) electrons. The molecule has 1 aliphatic rings. The van der Waals surface area contributed by atoms with Crippen molar-refractivity contribution in [1.29, 1.82) is 0 Å². The second kappa shape index (κ2) is 9.25. The van der Waals surface area contributed by atoms with E-state index >= 15 is 0 Å². The van der Waals surface area contributed by atoms with Crippen molar-refractivity contribution in [3.8, 4) is 11.1 Å². The molecule has 1 aliphatic heterocycles. The minimum absolute atomic E-state index is 0.761. The summed E-state index contributed by atoms with van der Waals surface area (Å²) in [7, 11) is -1.13. The number of hydrogen-bond donors (Lipinski definition) is 1. The number of ether oxygens (including phenoxy) is 1. The molecule has 1 saturated heterocycles. The van der Waals surface area contributed by atoms with Crippen LogP contribution in [0.2, 0.25) is 0 Å². The third kappa shape index (κ3) is 4.98. The number of hydrogen-bond acceptors (Lipinski definition) is 3. The summed E-state index contributed by atoms with van der Waals surface area (Å²) in [4.78, 5) is 3.25. The fourth-order valence-corrected chi connectivity index (χ4v) is 3.92. The lowest BCUT2D eigenvalue weighted by Gasteiger charge is -2.27. The second-order valence-electron chi connectivity index (χ2n) is 6.23. The molecule has 2 aromatic carbocycles. The second-order valence-corrected chi connectivity index (χ2v) is 7.53. The van der Waals surface area contributed by atoms with E-state index in [2.05, 4.69) is 52.9 Å². The van der Waals surface area contributed by atoms with Crippen LogP contribution in [-0.4, -0.2) is 42.0 Å². The third-order valence-electron chi connectivity index (χ3n) is 4.38. The summed E-state index contributed by atoms with van der Waals surface area (Å²) in [5, 5.41) is 0. The van der Waals surface area contributed by atoms with E-state index in [9.17, 15) is 4.21 Å². The molecule has 1 N–H and O–H groups in total. The van der Waals surface area contributed by atoms with Gasteiger partial charge in [0.1, 0.15) is 11.0 Å². The van der Waals surface area contributed by atoms with Crippen LogP contribution in [0.15, 0.2) is 53.4 Å². The SMILES string of the molecule is CCCNS(=O)c1ccc(-c2ccccc2CN2CCOCC2)cc1. The fourth-order valence-electron chi connectivity index (χ4n) is 2.98. The number of morpholine rings is 1. The van der Waals surface area contributed by atoms with Gasteiger partial charge in [-0.15, -0.1) is 0 Å². The molecule has 3 rings (SSSR count). The zero-order valence-electron chi connectivity index (χ0n) is 14.7. The number of rotatable bonds is 7. The van der Waals surface area contributed by atoms with Crippen molar-refractivity contribution in [1.82, 2.24) is 9.62 Å². The molecular formula is C20H26N2O2S. The molecule has 134 valence electrons. The number of benzene rings is 2. The van der Waals surface area contributed by atoms with Crippen LogP contribution >= 0.6 is 0 Å². The summed E-state index contributed by atoms with van der Waals surface area (Å²) in [6, 6.07) is 16.6. The van der Waals surface area contributed by atoms with Gasteiger partial charge in [-0.3, -0.25) is 4.90 Å². The van der Waals surface area contributed by atoms with Crippen LogP contribution < -0.4 is 4.72 Å². The van der Waals surface area contributed by atoms with E-state index < -0.39 is 11.0 Å². The average molecular weight is 359 g/mol. The van der Waals surface area contributed by atoms with Gasteiger partial charge in [-0.2, -0.15) is 0 Å². The van der Waals surface area contributed by atoms with Gasteiger partial charge in [-0.05, 0) is 35.2 Å². The van der Waals surface area contributed by atoms with E-state index in [0.29, 0.717) is 0 Å². The molecule has 0 spiro atoms. The minimum atomic E-state index is -1.13. The average Bonchev–Trinajstić information content (AvgIpc) is 2.67. The molecule has 25 heavy (non-hydrogen) atoms. The highest BCUT2D eigenvalue weighted by Crippen LogP contribution is 2.26. The van der Waals surface area contributed by atoms with Crippen molar-refractivity contribution in [2.75, 3.05) is 32.8 Å². The van der Waals surface area contributed by atoms with E-state index in [1.54, 1.807) is 0 Å². The first-order valence-corrected chi connectivity index (χ1v) is 10.1. The van der Waals surface area contributed by atoms with Crippen LogP contribution in [0.25, 0.3) is 11.1 Å². The summed E-state index contributed by atoms with van der Waals surface area (Å²) in [5.41, 5.74) is 3.73. The highest BCUT2D eigenvalue weighted by Gasteiger charge is 2.13. The molecule has 0 aliphatic carbocycles. The molecule has 1 fully saturated rings. The molecule has 1 heterocycles. The van der Waals surface area contributed by atoms with Gasteiger partial charge in [0.25, 0.3) is 0 Å². The Morgan fingerprint density at radius 1 is 1.08 bits per heavy atom. The molecule has 0 saturated carbocycles. The van der Waals surface area contributed by atoms with Crippen molar-refractivity contribution < 1.29 is 8.95 Å². The number of nitrogens with zero attached hydrogens (tertiary/aromatic N) is 1. The van der Waals surface area contributed by atoms with E-state index in [1.165, 1.54) is 16.7 Å². The maximum atomic E-state index is 12.2. The zero-order chi connectivity index (χ0) is 17.5.